The van der Waals surface area contributed by atoms with E-state index in [1.54, 1.807) is 7.11 Å². The third kappa shape index (κ3) is 4.58. The van der Waals surface area contributed by atoms with E-state index in [9.17, 15) is 0 Å². The predicted octanol–water partition coefficient (Wildman–Crippen LogP) is 5.85. The second-order valence-corrected chi connectivity index (χ2v) is 7.64. The van der Waals surface area contributed by atoms with E-state index in [-0.39, 0.29) is 0 Å². The number of ether oxygens (including phenoxy) is 1. The number of aromatic nitrogens is 2. The molecule has 7 heteroatoms. The summed E-state index contributed by atoms with van der Waals surface area (Å²) in [5, 5.41) is 6.55. The molecule has 0 radical (unpaired) electrons. The monoisotopic (exact) mass is 417 g/mol. The van der Waals surface area contributed by atoms with Gasteiger partial charge in [0.25, 0.3) is 0 Å². The molecule has 0 amide bonds. The summed E-state index contributed by atoms with van der Waals surface area (Å²) < 4.78 is 8.76. The van der Waals surface area contributed by atoms with Crippen LogP contribution in [-0.4, -0.2) is 24.1 Å². The lowest BCUT2D eigenvalue weighted by atomic mass is 10.2. The highest BCUT2D eigenvalue weighted by atomic mass is 32.2. The number of nitrogens with zero attached hydrogens (tertiary/aromatic N) is 2. The topological polar surface area (TPSA) is 71.1 Å². The number of fused-ring (bicyclic) bond motifs is 1. The first-order valence-corrected chi connectivity index (χ1v) is 10.4. The van der Waals surface area contributed by atoms with E-state index in [1.165, 1.54) is 11.9 Å². The molecule has 0 saturated heterocycles. The number of nitrogens with one attached hydrogen (secondary N) is 3. The highest BCUT2D eigenvalue weighted by Crippen LogP contribution is 2.31. The van der Waals surface area contributed by atoms with Crippen LogP contribution in [0.15, 0.2) is 71.6 Å². The van der Waals surface area contributed by atoms with Gasteiger partial charge in [0.15, 0.2) is 11.6 Å². The fourth-order valence-electron chi connectivity index (χ4n) is 3.06. The molecule has 4 aromatic rings. The van der Waals surface area contributed by atoms with Crippen molar-refractivity contribution < 1.29 is 4.74 Å². The highest BCUT2D eigenvalue weighted by molar-refractivity contribution is 8.00. The van der Waals surface area contributed by atoms with Crippen LogP contribution < -0.4 is 20.1 Å². The maximum atomic E-state index is 5.40. The normalized spacial score (nSPS) is 10.6. The molecule has 0 aliphatic rings. The van der Waals surface area contributed by atoms with Gasteiger partial charge in [-0.3, -0.25) is 0 Å². The lowest BCUT2D eigenvalue weighted by Crippen LogP contribution is -2.02. The van der Waals surface area contributed by atoms with Gasteiger partial charge in [0, 0.05) is 29.4 Å². The van der Waals surface area contributed by atoms with Crippen molar-refractivity contribution in [3.63, 3.8) is 0 Å². The summed E-state index contributed by atoms with van der Waals surface area (Å²) in [5.41, 5.74) is 4.70. The first kappa shape index (κ1) is 19.8. The van der Waals surface area contributed by atoms with Crippen molar-refractivity contribution in [3.05, 3.63) is 72.3 Å². The zero-order chi connectivity index (χ0) is 20.9. The predicted molar refractivity (Wildman–Crippen MR) is 126 cm³/mol. The quantitative estimate of drug-likeness (QED) is 0.326. The van der Waals surface area contributed by atoms with E-state index in [1.807, 2.05) is 74.6 Å². The molecule has 0 spiro atoms. The smallest absolute Gasteiger partial charge is 0.180 e. The summed E-state index contributed by atoms with van der Waals surface area (Å²) in [4.78, 5) is 10.7. The number of methoxy groups -OCH3 is 1. The van der Waals surface area contributed by atoms with Gasteiger partial charge in [-0.25, -0.2) is 9.97 Å². The molecule has 3 N–H and O–H groups in total. The van der Waals surface area contributed by atoms with Gasteiger partial charge in [0.2, 0.25) is 0 Å². The Balaban J connectivity index is 1.67. The highest BCUT2D eigenvalue weighted by Gasteiger charge is 2.11. The second-order valence-electron chi connectivity index (χ2n) is 6.76. The first-order valence-electron chi connectivity index (χ1n) is 9.55. The molecule has 0 fully saturated rings. The maximum absolute atomic E-state index is 5.40. The average molecular weight is 418 g/mol. The Morgan fingerprint density at radius 2 is 1.60 bits per heavy atom. The maximum Gasteiger partial charge on any atom is 0.180 e. The van der Waals surface area contributed by atoms with E-state index < -0.39 is 0 Å². The molecule has 6 nitrogen and oxygen atoms in total. The zero-order valence-electron chi connectivity index (χ0n) is 17.1. The van der Waals surface area contributed by atoms with Crippen LogP contribution in [0.25, 0.3) is 11.0 Å². The Kier molecular flexibility index (Phi) is 5.90. The number of rotatable bonds is 7. The van der Waals surface area contributed by atoms with Crippen molar-refractivity contribution in [1.82, 2.24) is 9.97 Å². The summed E-state index contributed by atoms with van der Waals surface area (Å²) in [5.74, 6) is 2.10. The largest absolute Gasteiger partial charge is 0.497 e. The lowest BCUT2D eigenvalue weighted by molar-refractivity contribution is 0.414. The number of anilines is 4. The fraction of sp³-hybridized carbons (Fsp3) is 0.130. The van der Waals surface area contributed by atoms with Crippen molar-refractivity contribution >= 4 is 46.0 Å². The number of hydrogen-bond donors (Lipinski definition) is 3. The standard InChI is InChI=1S/C23H23N5OS/c1-15-11-17(13-18(12-15)29-3)25-22-23(27-21-10-5-4-9-20(21)26-22)28-30-19-8-6-7-16(14-19)24-2/h4-14,24H,1-3H3,(H,25,26)(H,27,28). The van der Waals surface area contributed by atoms with E-state index in [0.29, 0.717) is 11.6 Å². The third-order valence-corrected chi connectivity index (χ3v) is 5.29. The molecule has 152 valence electrons. The number of benzene rings is 3. The minimum atomic E-state index is 0.652. The van der Waals surface area contributed by atoms with Crippen LogP contribution in [0.5, 0.6) is 5.75 Å². The molecule has 30 heavy (non-hydrogen) atoms. The van der Waals surface area contributed by atoms with Crippen LogP contribution in [0.2, 0.25) is 0 Å². The van der Waals surface area contributed by atoms with Crippen LogP contribution in [-0.2, 0) is 0 Å². The summed E-state index contributed by atoms with van der Waals surface area (Å²) in [6.45, 7) is 2.03. The minimum Gasteiger partial charge on any atom is -0.497 e. The molecule has 3 aromatic carbocycles. The SMILES string of the molecule is CNc1cccc(SNc2nc3ccccc3nc2Nc2cc(C)cc(OC)c2)c1. The van der Waals surface area contributed by atoms with E-state index in [4.69, 9.17) is 14.7 Å². The number of aryl methyl sites for hydroxylation is 1. The van der Waals surface area contributed by atoms with Crippen molar-refractivity contribution in [2.24, 2.45) is 0 Å². The Morgan fingerprint density at radius 1 is 0.833 bits per heavy atom. The molecule has 0 atom stereocenters. The first-order chi connectivity index (χ1) is 14.6. The van der Waals surface area contributed by atoms with Crippen molar-refractivity contribution in [1.29, 1.82) is 0 Å². The van der Waals surface area contributed by atoms with Gasteiger partial charge in [-0.2, -0.15) is 0 Å². The van der Waals surface area contributed by atoms with Crippen LogP contribution in [0.4, 0.5) is 23.0 Å². The zero-order valence-corrected chi connectivity index (χ0v) is 17.9. The van der Waals surface area contributed by atoms with Gasteiger partial charge in [-0.05, 0) is 66.9 Å². The molecule has 1 aromatic heterocycles. The summed E-state index contributed by atoms with van der Waals surface area (Å²) in [7, 11) is 3.57. The van der Waals surface area contributed by atoms with Gasteiger partial charge in [0.1, 0.15) is 5.75 Å². The van der Waals surface area contributed by atoms with Crippen molar-refractivity contribution in [3.8, 4) is 5.75 Å². The minimum absolute atomic E-state index is 0.652. The Bertz CT molecular complexity index is 1180. The van der Waals surface area contributed by atoms with Crippen LogP contribution in [0, 0.1) is 6.92 Å². The number of para-hydroxylation sites is 2. The van der Waals surface area contributed by atoms with Gasteiger partial charge < -0.3 is 20.1 Å². The fourth-order valence-corrected chi connectivity index (χ4v) is 3.74. The van der Waals surface area contributed by atoms with Crippen LogP contribution >= 0.6 is 11.9 Å². The molecule has 0 aliphatic carbocycles. The van der Waals surface area contributed by atoms with Gasteiger partial charge in [-0.1, -0.05) is 18.2 Å². The lowest BCUT2D eigenvalue weighted by Gasteiger charge is -2.14. The van der Waals surface area contributed by atoms with E-state index in [0.717, 1.165) is 38.6 Å². The molecule has 1 heterocycles. The number of hydrogen-bond acceptors (Lipinski definition) is 7. The van der Waals surface area contributed by atoms with Crippen molar-refractivity contribution in [2.45, 2.75) is 11.8 Å². The Labute approximate surface area is 180 Å². The summed E-state index contributed by atoms with van der Waals surface area (Å²) in [6, 6.07) is 22.0. The van der Waals surface area contributed by atoms with Gasteiger partial charge in [-0.15, -0.1) is 0 Å². The molecule has 4 rings (SSSR count). The van der Waals surface area contributed by atoms with E-state index >= 15 is 0 Å². The Hall–Kier alpha value is -3.45. The molecular formula is C23H23N5OS. The summed E-state index contributed by atoms with van der Waals surface area (Å²) >= 11 is 1.49. The molecule has 0 aliphatic heterocycles. The van der Waals surface area contributed by atoms with Gasteiger partial charge >= 0.3 is 0 Å². The average Bonchev–Trinajstić information content (AvgIpc) is 2.77. The molecule has 0 unspecified atom stereocenters. The Morgan fingerprint density at radius 3 is 2.33 bits per heavy atom. The molecule has 0 bridgehead atoms. The van der Waals surface area contributed by atoms with Crippen LogP contribution in [0.1, 0.15) is 5.56 Å². The molecule has 0 saturated carbocycles. The third-order valence-electron chi connectivity index (χ3n) is 4.51. The van der Waals surface area contributed by atoms with Gasteiger partial charge in [0.05, 0.1) is 18.1 Å². The second kappa shape index (κ2) is 8.92. The summed E-state index contributed by atoms with van der Waals surface area (Å²) in [6.07, 6.45) is 0. The van der Waals surface area contributed by atoms with Crippen molar-refractivity contribution in [2.75, 3.05) is 29.5 Å². The van der Waals surface area contributed by atoms with E-state index in [2.05, 4.69) is 21.4 Å². The molecular weight excluding hydrogens is 394 g/mol. The van der Waals surface area contributed by atoms with Crippen LogP contribution in [0.3, 0.4) is 0 Å².